The van der Waals surface area contributed by atoms with Crippen LogP contribution in [0.1, 0.15) is 112 Å². The highest BCUT2D eigenvalue weighted by molar-refractivity contribution is 5.94. The summed E-state index contributed by atoms with van der Waals surface area (Å²) in [6, 6.07) is 0. The number of rotatable bonds is 5. The lowest BCUT2D eigenvalue weighted by molar-refractivity contribution is -0.161. The van der Waals surface area contributed by atoms with Crippen molar-refractivity contribution in [2.24, 2.45) is 50.7 Å². The lowest BCUT2D eigenvalue weighted by Crippen LogP contribution is -2.57. The Kier molecular flexibility index (Phi) is 5.03. The standard InChI is InChI=1S/C30H48O2/c1-19(2)22(31)9-8-20(3)21-12-14-28(7)24-11-10-23-26(4,5)25(32)13-15-29(23)18-30(24,29)17-16-27(21,28)6/h20-21,23-25,32H,1,8-18H2,2-7H3/t20-,21-,23-,24-,25+,27-,28+,29-,30+/m1/s1. The SMILES string of the molecule is C=C(C)C(=O)CC[C@@H](C)[C@H]1CC[C@@]2(C)[C@H]3CC[C@@H]4C(C)(C)[C@@H](O)CC[C@@]45C[C@@]35CC[C@]12C. The molecule has 5 aliphatic carbocycles. The van der Waals surface area contributed by atoms with Crippen molar-refractivity contribution in [1.29, 1.82) is 0 Å². The lowest BCUT2D eigenvalue weighted by Gasteiger charge is -2.63. The van der Waals surface area contributed by atoms with E-state index in [-0.39, 0.29) is 17.3 Å². The van der Waals surface area contributed by atoms with Gasteiger partial charge < -0.3 is 5.11 Å². The summed E-state index contributed by atoms with van der Waals surface area (Å²) >= 11 is 0. The summed E-state index contributed by atoms with van der Waals surface area (Å²) in [6.07, 6.45) is 13.6. The lowest BCUT2D eigenvalue weighted by atomic mass is 9.41. The van der Waals surface area contributed by atoms with Crippen LogP contribution in [0.25, 0.3) is 0 Å². The van der Waals surface area contributed by atoms with Gasteiger partial charge in [0.25, 0.3) is 0 Å². The molecule has 0 amide bonds. The minimum Gasteiger partial charge on any atom is -0.393 e. The predicted molar refractivity (Wildman–Crippen MR) is 131 cm³/mol. The molecule has 0 aromatic carbocycles. The molecular weight excluding hydrogens is 392 g/mol. The van der Waals surface area contributed by atoms with Gasteiger partial charge in [-0.3, -0.25) is 4.79 Å². The van der Waals surface area contributed by atoms with Gasteiger partial charge in [-0.1, -0.05) is 41.2 Å². The fraction of sp³-hybridized carbons (Fsp3) is 0.900. The van der Waals surface area contributed by atoms with Crippen molar-refractivity contribution in [1.82, 2.24) is 0 Å². The minimum absolute atomic E-state index is 0.0803. The summed E-state index contributed by atoms with van der Waals surface area (Å²) in [6.45, 7) is 18.2. The summed E-state index contributed by atoms with van der Waals surface area (Å²) in [5.74, 6) is 3.20. The van der Waals surface area contributed by atoms with E-state index in [4.69, 9.17) is 0 Å². The van der Waals surface area contributed by atoms with Gasteiger partial charge in [0.2, 0.25) is 0 Å². The summed E-state index contributed by atoms with van der Waals surface area (Å²) < 4.78 is 0. The van der Waals surface area contributed by atoms with Crippen LogP contribution in [-0.2, 0) is 4.79 Å². The second-order valence-electron chi connectivity index (χ2n) is 14.2. The zero-order chi connectivity index (χ0) is 23.3. The summed E-state index contributed by atoms with van der Waals surface area (Å²) in [7, 11) is 0. The molecule has 0 saturated heterocycles. The number of carbonyl (C=O) groups is 1. The van der Waals surface area contributed by atoms with Crippen molar-refractivity contribution in [3.8, 4) is 0 Å². The summed E-state index contributed by atoms with van der Waals surface area (Å²) in [5, 5.41) is 10.8. The number of hydrogen-bond acceptors (Lipinski definition) is 2. The molecule has 5 saturated carbocycles. The van der Waals surface area contributed by atoms with Gasteiger partial charge >= 0.3 is 0 Å². The van der Waals surface area contributed by atoms with Gasteiger partial charge in [-0.15, -0.1) is 0 Å². The number of aliphatic hydroxyl groups excluding tert-OH is 1. The van der Waals surface area contributed by atoms with Crippen molar-refractivity contribution < 1.29 is 9.90 Å². The average Bonchev–Trinajstić information content (AvgIpc) is 3.31. The van der Waals surface area contributed by atoms with Gasteiger partial charge in [-0.2, -0.15) is 0 Å². The molecule has 0 unspecified atom stereocenters. The smallest absolute Gasteiger partial charge is 0.157 e. The van der Waals surface area contributed by atoms with Gasteiger partial charge in [-0.25, -0.2) is 0 Å². The highest BCUT2D eigenvalue weighted by Gasteiger charge is 2.82. The molecule has 0 bridgehead atoms. The maximum absolute atomic E-state index is 12.2. The molecule has 0 heterocycles. The van der Waals surface area contributed by atoms with E-state index in [0.717, 1.165) is 30.3 Å². The molecule has 32 heavy (non-hydrogen) atoms. The van der Waals surface area contributed by atoms with Gasteiger partial charge in [0.05, 0.1) is 6.10 Å². The first-order valence-corrected chi connectivity index (χ1v) is 13.7. The Morgan fingerprint density at radius 3 is 2.28 bits per heavy atom. The van der Waals surface area contributed by atoms with E-state index in [1.165, 1.54) is 51.4 Å². The predicted octanol–water partition coefficient (Wildman–Crippen LogP) is 7.35. The second kappa shape index (κ2) is 6.96. The van der Waals surface area contributed by atoms with E-state index in [1.807, 2.05) is 6.92 Å². The first-order valence-electron chi connectivity index (χ1n) is 13.7. The van der Waals surface area contributed by atoms with E-state index in [9.17, 15) is 9.90 Å². The molecule has 5 aliphatic rings. The molecule has 2 heteroatoms. The molecular formula is C30H48O2. The van der Waals surface area contributed by atoms with Gasteiger partial charge in [-0.05, 0) is 127 Å². The third-order valence-corrected chi connectivity index (χ3v) is 13.1. The van der Waals surface area contributed by atoms with Crippen molar-refractivity contribution in [3.63, 3.8) is 0 Å². The zero-order valence-corrected chi connectivity index (χ0v) is 21.7. The Labute approximate surface area is 197 Å². The summed E-state index contributed by atoms with van der Waals surface area (Å²) in [4.78, 5) is 12.2. The van der Waals surface area contributed by atoms with Crippen LogP contribution in [0.15, 0.2) is 12.2 Å². The zero-order valence-electron chi connectivity index (χ0n) is 21.7. The van der Waals surface area contributed by atoms with Gasteiger partial charge in [0.1, 0.15) is 0 Å². The molecule has 0 radical (unpaired) electrons. The normalized spacial score (nSPS) is 51.6. The Balaban J connectivity index is 1.39. The van der Waals surface area contributed by atoms with Crippen molar-refractivity contribution in [2.45, 2.75) is 118 Å². The number of hydrogen-bond donors (Lipinski definition) is 1. The number of carbonyl (C=O) groups excluding carboxylic acids is 1. The Morgan fingerprint density at radius 2 is 1.59 bits per heavy atom. The number of fused-ring (bicyclic) bond motifs is 2. The number of Topliss-reactive ketones (excluding diaryl/α,β-unsaturated/α-hetero) is 1. The second-order valence-corrected chi connectivity index (χ2v) is 14.2. The first-order chi connectivity index (χ1) is 14.9. The average molecular weight is 441 g/mol. The first kappa shape index (κ1) is 23.1. The van der Waals surface area contributed by atoms with Crippen LogP contribution in [0.4, 0.5) is 0 Å². The largest absolute Gasteiger partial charge is 0.393 e. The highest BCUT2D eigenvalue weighted by atomic mass is 16.3. The molecule has 0 aromatic heterocycles. The fourth-order valence-electron chi connectivity index (χ4n) is 11.1. The fourth-order valence-corrected chi connectivity index (χ4v) is 11.1. The molecule has 9 atom stereocenters. The molecule has 180 valence electrons. The van der Waals surface area contributed by atoms with Crippen LogP contribution in [0.5, 0.6) is 0 Å². The monoisotopic (exact) mass is 440 g/mol. The van der Waals surface area contributed by atoms with E-state index < -0.39 is 0 Å². The van der Waals surface area contributed by atoms with E-state index in [1.54, 1.807) is 0 Å². The summed E-state index contributed by atoms with van der Waals surface area (Å²) in [5.41, 5.74) is 2.75. The Bertz CT molecular complexity index is 827. The van der Waals surface area contributed by atoms with Crippen LogP contribution in [0.2, 0.25) is 0 Å². The topological polar surface area (TPSA) is 37.3 Å². The van der Waals surface area contributed by atoms with E-state index in [0.29, 0.717) is 39.9 Å². The third-order valence-electron chi connectivity index (χ3n) is 13.1. The number of ketones is 1. The molecule has 1 N–H and O–H groups in total. The number of allylic oxidation sites excluding steroid dienone is 1. The third kappa shape index (κ3) is 2.65. The van der Waals surface area contributed by atoms with Crippen LogP contribution in [0, 0.1) is 50.7 Å². The molecule has 0 aromatic rings. The molecule has 0 aliphatic heterocycles. The van der Waals surface area contributed by atoms with Gasteiger partial charge in [0.15, 0.2) is 5.78 Å². The molecule has 5 fully saturated rings. The quantitative estimate of drug-likeness (QED) is 0.454. The van der Waals surface area contributed by atoms with Crippen molar-refractivity contribution in [2.75, 3.05) is 0 Å². The minimum atomic E-state index is -0.115. The Hall–Kier alpha value is -0.630. The maximum Gasteiger partial charge on any atom is 0.157 e. The highest BCUT2D eigenvalue weighted by Crippen LogP contribution is 2.89. The van der Waals surface area contributed by atoms with Crippen LogP contribution in [0.3, 0.4) is 0 Å². The van der Waals surface area contributed by atoms with E-state index in [2.05, 4.69) is 41.2 Å². The maximum atomic E-state index is 12.2. The molecule has 5 rings (SSSR count). The van der Waals surface area contributed by atoms with E-state index >= 15 is 0 Å². The van der Waals surface area contributed by atoms with Crippen molar-refractivity contribution >= 4 is 5.78 Å². The van der Waals surface area contributed by atoms with Crippen LogP contribution >= 0.6 is 0 Å². The van der Waals surface area contributed by atoms with Crippen molar-refractivity contribution in [3.05, 3.63) is 12.2 Å². The molecule has 2 spiro atoms. The number of aliphatic hydroxyl groups is 1. The van der Waals surface area contributed by atoms with Gasteiger partial charge in [0, 0.05) is 6.42 Å². The van der Waals surface area contributed by atoms with Crippen LogP contribution < -0.4 is 0 Å². The molecule has 2 nitrogen and oxygen atoms in total. The Morgan fingerprint density at radius 1 is 0.938 bits per heavy atom. The van der Waals surface area contributed by atoms with Crippen LogP contribution in [-0.4, -0.2) is 17.0 Å².